The molecule has 3 rings (SSSR count). The molecule has 0 radical (unpaired) electrons. The smallest absolute Gasteiger partial charge is 0.239 e. The molecular formula is C11H10FN3OS. The Kier molecular flexibility index (Phi) is 2.44. The van der Waals surface area contributed by atoms with E-state index in [1.807, 2.05) is 11.0 Å². The Hall–Kier alpha value is -1.69. The topological polar surface area (TPSA) is 45.2 Å². The number of carbonyl (C=O) groups excluding carboxylic acids is 1. The summed E-state index contributed by atoms with van der Waals surface area (Å²) < 4.78 is 14.3. The van der Waals surface area contributed by atoms with Crippen LogP contribution in [0.25, 0.3) is 10.2 Å². The van der Waals surface area contributed by atoms with Gasteiger partial charge < -0.3 is 10.2 Å². The highest BCUT2D eigenvalue weighted by atomic mass is 32.1. The van der Waals surface area contributed by atoms with Gasteiger partial charge in [-0.15, -0.1) is 0 Å². The van der Waals surface area contributed by atoms with Crippen LogP contribution in [0.4, 0.5) is 9.52 Å². The lowest BCUT2D eigenvalue weighted by Crippen LogP contribution is -2.47. The average Bonchev–Trinajstić information content (AvgIpc) is 2.74. The lowest BCUT2D eigenvalue weighted by Gasteiger charge is -2.25. The Labute approximate surface area is 101 Å². The molecule has 1 amide bonds. The van der Waals surface area contributed by atoms with Gasteiger partial charge in [0.2, 0.25) is 5.91 Å². The third-order valence-corrected chi connectivity index (χ3v) is 3.75. The van der Waals surface area contributed by atoms with Crippen LogP contribution in [0.5, 0.6) is 0 Å². The van der Waals surface area contributed by atoms with Crippen molar-refractivity contribution in [1.82, 2.24) is 10.3 Å². The first-order valence-electron chi connectivity index (χ1n) is 5.31. The number of carbonyl (C=O) groups is 1. The van der Waals surface area contributed by atoms with Gasteiger partial charge in [0.05, 0.1) is 11.2 Å². The number of nitrogens with zero attached hydrogens (tertiary/aromatic N) is 2. The first-order valence-corrected chi connectivity index (χ1v) is 6.12. The molecule has 6 heteroatoms. The second-order valence-electron chi connectivity index (χ2n) is 3.85. The second-order valence-corrected chi connectivity index (χ2v) is 4.86. The second kappa shape index (κ2) is 3.96. The van der Waals surface area contributed by atoms with Crippen LogP contribution in [0.3, 0.4) is 0 Å². The Morgan fingerprint density at radius 2 is 2.35 bits per heavy atom. The Morgan fingerprint density at radius 3 is 3.12 bits per heavy atom. The quantitative estimate of drug-likeness (QED) is 0.832. The molecule has 1 saturated heterocycles. The maximum atomic E-state index is 13.5. The molecule has 4 nitrogen and oxygen atoms in total. The molecule has 1 fully saturated rings. The highest BCUT2D eigenvalue weighted by Gasteiger charge is 2.20. The van der Waals surface area contributed by atoms with Gasteiger partial charge in [0.25, 0.3) is 0 Å². The summed E-state index contributed by atoms with van der Waals surface area (Å²) >= 11 is 1.41. The van der Waals surface area contributed by atoms with Gasteiger partial charge in [-0.25, -0.2) is 9.37 Å². The molecule has 0 bridgehead atoms. The van der Waals surface area contributed by atoms with Gasteiger partial charge in [-0.1, -0.05) is 17.4 Å². The molecule has 88 valence electrons. The van der Waals surface area contributed by atoms with Gasteiger partial charge in [-0.05, 0) is 12.1 Å². The SMILES string of the molecule is O=C1CN(c2nc3c(F)cccc3s2)CCN1. The Morgan fingerprint density at radius 1 is 1.47 bits per heavy atom. The lowest BCUT2D eigenvalue weighted by atomic mass is 10.3. The van der Waals surface area contributed by atoms with E-state index in [2.05, 4.69) is 10.3 Å². The van der Waals surface area contributed by atoms with Crippen molar-refractivity contribution in [3.05, 3.63) is 24.0 Å². The molecule has 0 aliphatic carbocycles. The van der Waals surface area contributed by atoms with Crippen molar-refractivity contribution < 1.29 is 9.18 Å². The summed E-state index contributed by atoms with van der Waals surface area (Å²) in [5.41, 5.74) is 0.387. The minimum absolute atomic E-state index is 0.0176. The number of rotatable bonds is 1. The first kappa shape index (κ1) is 10.5. The minimum atomic E-state index is -0.313. The predicted octanol–water partition coefficient (Wildman–Crippen LogP) is 1.37. The maximum Gasteiger partial charge on any atom is 0.239 e. The van der Waals surface area contributed by atoms with Gasteiger partial charge in [0.15, 0.2) is 5.13 Å². The van der Waals surface area contributed by atoms with Crippen molar-refractivity contribution in [2.75, 3.05) is 24.5 Å². The summed E-state index contributed by atoms with van der Waals surface area (Å²) in [5.74, 6) is -0.331. The summed E-state index contributed by atoms with van der Waals surface area (Å²) in [7, 11) is 0. The van der Waals surface area contributed by atoms with Gasteiger partial charge in [-0.3, -0.25) is 4.79 Å². The third kappa shape index (κ3) is 1.84. The van der Waals surface area contributed by atoms with Crippen molar-refractivity contribution in [1.29, 1.82) is 0 Å². The number of amides is 1. The fraction of sp³-hybridized carbons (Fsp3) is 0.273. The molecule has 2 heterocycles. The molecule has 17 heavy (non-hydrogen) atoms. The van der Waals surface area contributed by atoms with Gasteiger partial charge in [0, 0.05) is 13.1 Å². The average molecular weight is 251 g/mol. The highest BCUT2D eigenvalue weighted by Crippen LogP contribution is 2.30. The molecular weight excluding hydrogens is 241 g/mol. The molecule has 1 aromatic heterocycles. The van der Waals surface area contributed by atoms with Gasteiger partial charge in [-0.2, -0.15) is 0 Å². The molecule has 0 saturated carbocycles. The number of fused-ring (bicyclic) bond motifs is 1. The summed E-state index contributed by atoms with van der Waals surface area (Å²) in [5, 5.41) is 3.46. The number of benzene rings is 1. The van der Waals surface area contributed by atoms with Crippen molar-refractivity contribution in [2.45, 2.75) is 0 Å². The van der Waals surface area contributed by atoms with Crippen molar-refractivity contribution in [3.8, 4) is 0 Å². The molecule has 1 aliphatic rings. The van der Waals surface area contributed by atoms with Crippen LogP contribution in [-0.2, 0) is 4.79 Å². The first-order chi connectivity index (χ1) is 8.24. The van der Waals surface area contributed by atoms with E-state index in [1.54, 1.807) is 6.07 Å². The van der Waals surface area contributed by atoms with E-state index in [-0.39, 0.29) is 11.7 Å². The molecule has 0 atom stereocenters. The molecule has 0 spiro atoms. The summed E-state index contributed by atoms with van der Waals surface area (Å²) in [6.07, 6.45) is 0. The van der Waals surface area contributed by atoms with Crippen molar-refractivity contribution in [2.24, 2.45) is 0 Å². The molecule has 1 N–H and O–H groups in total. The molecule has 2 aromatic rings. The van der Waals surface area contributed by atoms with E-state index in [9.17, 15) is 9.18 Å². The number of nitrogens with one attached hydrogen (secondary N) is 1. The number of thiazole rings is 1. The standard InChI is InChI=1S/C11H10FN3OS/c12-7-2-1-3-8-10(7)14-11(17-8)15-5-4-13-9(16)6-15/h1-3H,4-6H2,(H,13,16). The Balaban J connectivity index is 2.00. The van der Waals surface area contributed by atoms with Crippen LogP contribution in [0.15, 0.2) is 18.2 Å². The predicted molar refractivity (Wildman–Crippen MR) is 64.8 cm³/mol. The molecule has 1 aliphatic heterocycles. The van der Waals surface area contributed by atoms with Crippen LogP contribution in [0, 0.1) is 5.82 Å². The van der Waals surface area contributed by atoms with Crippen LogP contribution in [0.1, 0.15) is 0 Å². The van der Waals surface area contributed by atoms with E-state index in [1.165, 1.54) is 17.4 Å². The Bertz CT molecular complexity index is 583. The zero-order valence-corrected chi connectivity index (χ0v) is 9.76. The lowest BCUT2D eigenvalue weighted by molar-refractivity contribution is -0.120. The number of hydrogen-bond donors (Lipinski definition) is 1. The fourth-order valence-corrected chi connectivity index (χ4v) is 2.85. The van der Waals surface area contributed by atoms with Crippen molar-refractivity contribution in [3.63, 3.8) is 0 Å². The third-order valence-electron chi connectivity index (χ3n) is 2.67. The van der Waals surface area contributed by atoms with E-state index in [0.717, 1.165) is 4.70 Å². The number of anilines is 1. The van der Waals surface area contributed by atoms with Crippen LogP contribution >= 0.6 is 11.3 Å². The zero-order valence-electron chi connectivity index (χ0n) is 8.94. The number of hydrogen-bond acceptors (Lipinski definition) is 4. The molecule has 1 aromatic carbocycles. The zero-order chi connectivity index (χ0) is 11.8. The van der Waals surface area contributed by atoms with Gasteiger partial charge in [0.1, 0.15) is 11.3 Å². The fourth-order valence-electron chi connectivity index (χ4n) is 1.84. The van der Waals surface area contributed by atoms with Crippen LogP contribution in [-0.4, -0.2) is 30.5 Å². The van der Waals surface area contributed by atoms with Crippen LogP contribution in [0.2, 0.25) is 0 Å². The van der Waals surface area contributed by atoms with Gasteiger partial charge >= 0.3 is 0 Å². The summed E-state index contributed by atoms with van der Waals surface area (Å²) in [4.78, 5) is 17.4. The number of aromatic nitrogens is 1. The van der Waals surface area contributed by atoms with E-state index < -0.39 is 0 Å². The molecule has 0 unspecified atom stereocenters. The normalized spacial score (nSPS) is 16.3. The van der Waals surface area contributed by atoms with E-state index in [4.69, 9.17) is 0 Å². The highest BCUT2D eigenvalue weighted by molar-refractivity contribution is 7.22. The largest absolute Gasteiger partial charge is 0.353 e. The van der Waals surface area contributed by atoms with Crippen LogP contribution < -0.4 is 10.2 Å². The summed E-state index contributed by atoms with van der Waals surface area (Å²) in [6.45, 7) is 1.62. The monoisotopic (exact) mass is 251 g/mol. The van der Waals surface area contributed by atoms with E-state index in [0.29, 0.717) is 30.3 Å². The summed E-state index contributed by atoms with van der Waals surface area (Å²) in [6, 6.07) is 4.90. The van der Waals surface area contributed by atoms with E-state index >= 15 is 0 Å². The minimum Gasteiger partial charge on any atom is -0.353 e. The number of halogens is 1. The maximum absolute atomic E-state index is 13.5. The van der Waals surface area contributed by atoms with Crippen molar-refractivity contribution >= 4 is 32.6 Å². The number of para-hydroxylation sites is 1. The number of piperazine rings is 1.